The molecule has 3 heterocycles. The van der Waals surface area contributed by atoms with Crippen molar-refractivity contribution in [2.75, 3.05) is 0 Å². The van der Waals surface area contributed by atoms with Crippen molar-refractivity contribution in [2.24, 2.45) is 0 Å². The number of aliphatic hydroxyl groups excluding tert-OH is 1. The summed E-state index contributed by atoms with van der Waals surface area (Å²) in [5, 5.41) is 14.2. The number of rotatable bonds is 5. The average Bonchev–Trinajstić information content (AvgIpc) is 3.36. The summed E-state index contributed by atoms with van der Waals surface area (Å²) in [4.78, 5) is 26.1. The van der Waals surface area contributed by atoms with Gasteiger partial charge >= 0.3 is 0 Å². The number of nitrogens with one attached hydrogen (secondary N) is 1. The Kier molecular flexibility index (Phi) is 5.64. The number of carbonyl (C=O) groups excluding carboxylic acids is 1. The van der Waals surface area contributed by atoms with Crippen molar-refractivity contribution >= 4 is 16.8 Å². The monoisotopic (exact) mass is 428 g/mol. The molecule has 0 aliphatic heterocycles. The van der Waals surface area contributed by atoms with Crippen LogP contribution in [-0.2, 0) is 6.42 Å². The predicted octanol–water partition coefficient (Wildman–Crippen LogP) is 3.91. The molecule has 1 aliphatic carbocycles. The zero-order valence-corrected chi connectivity index (χ0v) is 17.6. The van der Waals surface area contributed by atoms with Gasteiger partial charge in [0.2, 0.25) is 5.89 Å². The lowest BCUT2D eigenvalue weighted by Crippen LogP contribution is -2.45. The molecule has 1 aliphatic rings. The predicted molar refractivity (Wildman–Crippen MR) is 120 cm³/mol. The van der Waals surface area contributed by atoms with E-state index in [1.165, 1.54) is 6.26 Å². The number of oxazole rings is 1. The van der Waals surface area contributed by atoms with Crippen LogP contribution in [0.1, 0.15) is 47.3 Å². The van der Waals surface area contributed by atoms with Gasteiger partial charge < -0.3 is 14.8 Å². The molecule has 0 radical (unpaired) electrons. The molecular weight excluding hydrogens is 404 g/mol. The largest absolute Gasteiger partial charge is 0.443 e. The van der Waals surface area contributed by atoms with Crippen molar-refractivity contribution in [2.45, 2.75) is 44.2 Å². The highest BCUT2D eigenvalue weighted by molar-refractivity contribution is 5.96. The summed E-state index contributed by atoms with van der Waals surface area (Å²) in [5.41, 5.74) is 3.80. The molecule has 1 amide bonds. The molecule has 7 heteroatoms. The van der Waals surface area contributed by atoms with E-state index in [1.807, 2.05) is 42.5 Å². The summed E-state index contributed by atoms with van der Waals surface area (Å²) in [5.74, 6) is 0.232. The first-order valence-electron chi connectivity index (χ1n) is 10.9. The number of aromatic nitrogens is 3. The number of carbonyl (C=O) groups is 1. The molecule has 2 N–H and O–H groups in total. The van der Waals surface area contributed by atoms with Gasteiger partial charge in [0.1, 0.15) is 17.7 Å². The van der Waals surface area contributed by atoms with Gasteiger partial charge in [0, 0.05) is 11.6 Å². The van der Waals surface area contributed by atoms with E-state index < -0.39 is 6.10 Å². The Balaban J connectivity index is 1.42. The van der Waals surface area contributed by atoms with Gasteiger partial charge in [0.05, 0.1) is 23.9 Å². The van der Waals surface area contributed by atoms with Crippen LogP contribution in [0.25, 0.3) is 22.5 Å². The van der Waals surface area contributed by atoms with Crippen LogP contribution in [0.4, 0.5) is 0 Å². The number of pyridine rings is 2. The van der Waals surface area contributed by atoms with Crippen molar-refractivity contribution in [3.8, 4) is 11.6 Å². The van der Waals surface area contributed by atoms with E-state index in [0.717, 1.165) is 47.7 Å². The first-order valence-corrected chi connectivity index (χ1v) is 10.9. The Labute approximate surface area is 185 Å². The third kappa shape index (κ3) is 4.24. The molecule has 0 saturated heterocycles. The number of nitrogens with zero attached hydrogens (tertiary/aromatic N) is 3. The van der Waals surface area contributed by atoms with E-state index in [-0.39, 0.29) is 11.9 Å². The van der Waals surface area contributed by atoms with Crippen molar-refractivity contribution in [1.82, 2.24) is 20.3 Å². The fraction of sp³-hybridized carbons (Fsp3) is 0.280. The minimum atomic E-state index is -0.499. The van der Waals surface area contributed by atoms with Gasteiger partial charge in [-0.25, -0.2) is 9.97 Å². The topological polar surface area (TPSA) is 101 Å². The van der Waals surface area contributed by atoms with Crippen LogP contribution in [-0.4, -0.2) is 38.1 Å². The van der Waals surface area contributed by atoms with Gasteiger partial charge in [0.15, 0.2) is 0 Å². The number of hydrogen-bond donors (Lipinski definition) is 2. The van der Waals surface area contributed by atoms with Crippen molar-refractivity contribution in [1.29, 1.82) is 0 Å². The van der Waals surface area contributed by atoms with Crippen molar-refractivity contribution in [3.63, 3.8) is 0 Å². The summed E-state index contributed by atoms with van der Waals surface area (Å²) in [7, 11) is 0. The van der Waals surface area contributed by atoms with Crippen LogP contribution in [0.5, 0.6) is 0 Å². The van der Waals surface area contributed by atoms with Gasteiger partial charge in [0.25, 0.3) is 5.91 Å². The van der Waals surface area contributed by atoms with Gasteiger partial charge in [-0.15, -0.1) is 0 Å². The first kappa shape index (κ1) is 20.3. The zero-order valence-electron chi connectivity index (χ0n) is 17.6. The molecule has 1 saturated carbocycles. The molecule has 4 aromatic rings. The van der Waals surface area contributed by atoms with Gasteiger partial charge in [-0.1, -0.05) is 37.1 Å². The Morgan fingerprint density at radius 1 is 1.12 bits per heavy atom. The minimum absolute atomic E-state index is 0.222. The first-order chi connectivity index (χ1) is 15.7. The maximum absolute atomic E-state index is 13.0. The summed E-state index contributed by atoms with van der Waals surface area (Å²) in [6.07, 6.45) is 8.53. The number of aliphatic hydroxyl groups is 1. The molecule has 0 unspecified atom stereocenters. The molecule has 7 nitrogen and oxygen atoms in total. The second-order valence-corrected chi connectivity index (χ2v) is 8.18. The van der Waals surface area contributed by atoms with Crippen LogP contribution in [0.2, 0.25) is 0 Å². The van der Waals surface area contributed by atoms with Crippen LogP contribution in [0.15, 0.2) is 65.5 Å². The highest BCUT2D eigenvalue weighted by atomic mass is 16.3. The van der Waals surface area contributed by atoms with Gasteiger partial charge in [-0.2, -0.15) is 0 Å². The Bertz CT molecular complexity index is 1220. The second-order valence-electron chi connectivity index (χ2n) is 8.18. The maximum Gasteiger partial charge on any atom is 0.270 e. The fourth-order valence-electron chi connectivity index (χ4n) is 4.26. The SMILES string of the molecule is O=C(N[C@H]1CCCC[C@@H]1O)c1cc(Cc2ccc(-c3ncco3)nc2)c2ccccc2n1. The number of hydrogen-bond acceptors (Lipinski definition) is 6. The zero-order chi connectivity index (χ0) is 21.9. The number of fused-ring (bicyclic) bond motifs is 1. The Morgan fingerprint density at radius 3 is 2.78 bits per heavy atom. The van der Waals surface area contributed by atoms with Crippen LogP contribution < -0.4 is 5.32 Å². The smallest absolute Gasteiger partial charge is 0.270 e. The van der Waals surface area contributed by atoms with E-state index in [4.69, 9.17) is 4.42 Å². The molecule has 2 atom stereocenters. The normalized spacial score (nSPS) is 18.5. The molecule has 1 fully saturated rings. The van der Waals surface area contributed by atoms with Crippen molar-refractivity contribution in [3.05, 3.63) is 77.9 Å². The minimum Gasteiger partial charge on any atom is -0.443 e. The van der Waals surface area contributed by atoms with E-state index in [0.29, 0.717) is 23.7 Å². The third-order valence-corrected chi connectivity index (χ3v) is 5.95. The highest BCUT2D eigenvalue weighted by Crippen LogP contribution is 2.23. The molecule has 3 aromatic heterocycles. The Hall–Kier alpha value is -3.58. The maximum atomic E-state index is 13.0. The molecule has 0 spiro atoms. The van der Waals surface area contributed by atoms with E-state index in [1.54, 1.807) is 12.4 Å². The Morgan fingerprint density at radius 2 is 2.00 bits per heavy atom. The van der Waals surface area contributed by atoms with Crippen LogP contribution in [0, 0.1) is 0 Å². The van der Waals surface area contributed by atoms with Crippen LogP contribution in [0.3, 0.4) is 0 Å². The molecule has 32 heavy (non-hydrogen) atoms. The van der Waals surface area contributed by atoms with Gasteiger partial charge in [-0.05, 0) is 48.6 Å². The molecule has 0 bridgehead atoms. The summed E-state index contributed by atoms with van der Waals surface area (Å²) < 4.78 is 5.30. The van der Waals surface area contributed by atoms with Crippen molar-refractivity contribution < 1.29 is 14.3 Å². The summed E-state index contributed by atoms with van der Waals surface area (Å²) in [6, 6.07) is 13.3. The molecule has 5 rings (SSSR count). The van der Waals surface area contributed by atoms with E-state index >= 15 is 0 Å². The lowest BCUT2D eigenvalue weighted by molar-refractivity contribution is 0.0714. The quantitative estimate of drug-likeness (QED) is 0.500. The third-order valence-electron chi connectivity index (χ3n) is 5.95. The summed E-state index contributed by atoms with van der Waals surface area (Å²) in [6.45, 7) is 0. The standard InChI is InChI=1S/C25H24N4O3/c30-23-8-4-3-7-20(23)29-24(31)22-14-17(18-5-1-2-6-19(18)28-22)13-16-9-10-21(27-15-16)25-26-11-12-32-25/h1-2,5-6,9-12,14-15,20,23,30H,3-4,7-8,13H2,(H,29,31)/t20-,23-/m0/s1. The molecular formula is C25H24N4O3. The van der Waals surface area contributed by atoms with E-state index in [9.17, 15) is 9.90 Å². The lowest BCUT2D eigenvalue weighted by atomic mass is 9.92. The highest BCUT2D eigenvalue weighted by Gasteiger charge is 2.25. The number of amides is 1. The van der Waals surface area contributed by atoms with E-state index in [2.05, 4.69) is 20.3 Å². The van der Waals surface area contributed by atoms with Crippen LogP contribution >= 0.6 is 0 Å². The number of para-hydroxylation sites is 1. The molecule has 162 valence electrons. The second kappa shape index (κ2) is 8.88. The van der Waals surface area contributed by atoms with Gasteiger partial charge in [-0.3, -0.25) is 9.78 Å². The summed E-state index contributed by atoms with van der Waals surface area (Å²) >= 11 is 0. The average molecular weight is 428 g/mol. The fourth-order valence-corrected chi connectivity index (χ4v) is 4.26. The number of benzene rings is 1. The molecule has 1 aromatic carbocycles. The lowest BCUT2D eigenvalue weighted by Gasteiger charge is -2.28.